The zero-order chi connectivity index (χ0) is 17.2. The molecule has 1 aromatic carbocycles. The van der Waals surface area contributed by atoms with Crippen molar-refractivity contribution in [1.82, 2.24) is 9.78 Å². The van der Waals surface area contributed by atoms with Crippen LogP contribution in [0, 0.1) is 5.92 Å². The number of benzene rings is 1. The highest BCUT2D eigenvalue weighted by molar-refractivity contribution is 5.85. The molecular formula is C16H19ClF3N3O2. The van der Waals surface area contributed by atoms with Gasteiger partial charge in [-0.05, 0) is 36.5 Å². The summed E-state index contributed by atoms with van der Waals surface area (Å²) >= 11 is 0. The van der Waals surface area contributed by atoms with E-state index in [-0.39, 0.29) is 23.9 Å². The maximum Gasteiger partial charge on any atom is 0.573 e. The second kappa shape index (κ2) is 7.97. The molecule has 3 rings (SSSR count). The van der Waals surface area contributed by atoms with Gasteiger partial charge in [0.25, 0.3) is 0 Å². The number of ether oxygens (including phenoxy) is 2. The van der Waals surface area contributed by atoms with Crippen molar-refractivity contribution in [2.45, 2.75) is 25.7 Å². The first-order chi connectivity index (χ1) is 11.4. The van der Waals surface area contributed by atoms with E-state index in [1.807, 2.05) is 0 Å². The molecule has 1 aliphatic rings. The first-order valence-electron chi connectivity index (χ1n) is 7.70. The van der Waals surface area contributed by atoms with Gasteiger partial charge in [0.2, 0.25) is 0 Å². The average molecular weight is 378 g/mol. The van der Waals surface area contributed by atoms with Crippen LogP contribution in [0.4, 0.5) is 13.2 Å². The Morgan fingerprint density at radius 3 is 2.60 bits per heavy atom. The van der Waals surface area contributed by atoms with Crippen LogP contribution in [0.15, 0.2) is 30.6 Å². The summed E-state index contributed by atoms with van der Waals surface area (Å²) in [6, 6.07) is 4.37. The van der Waals surface area contributed by atoms with Crippen LogP contribution in [-0.2, 0) is 6.54 Å². The summed E-state index contributed by atoms with van der Waals surface area (Å²) in [7, 11) is 0. The van der Waals surface area contributed by atoms with E-state index in [0.29, 0.717) is 31.2 Å². The Labute approximate surface area is 149 Å². The summed E-state index contributed by atoms with van der Waals surface area (Å²) in [6.45, 7) is 1.42. The second-order valence-corrected chi connectivity index (χ2v) is 5.74. The molecule has 1 heterocycles. The number of rotatable bonds is 7. The van der Waals surface area contributed by atoms with Gasteiger partial charge in [0, 0.05) is 18.3 Å². The summed E-state index contributed by atoms with van der Waals surface area (Å²) in [5.74, 6) is 0.171. The van der Waals surface area contributed by atoms with Crippen LogP contribution in [0.3, 0.4) is 0 Å². The third-order valence-corrected chi connectivity index (χ3v) is 3.67. The van der Waals surface area contributed by atoms with Crippen molar-refractivity contribution in [3.63, 3.8) is 0 Å². The van der Waals surface area contributed by atoms with E-state index in [1.165, 1.54) is 6.07 Å². The van der Waals surface area contributed by atoms with E-state index in [4.69, 9.17) is 10.5 Å². The predicted molar refractivity (Wildman–Crippen MR) is 88.9 cm³/mol. The molecule has 9 heteroatoms. The summed E-state index contributed by atoms with van der Waals surface area (Å²) in [5.41, 5.74) is 6.96. The molecule has 2 aromatic rings. The molecule has 1 fully saturated rings. The van der Waals surface area contributed by atoms with Crippen LogP contribution in [0.1, 0.15) is 12.8 Å². The lowest BCUT2D eigenvalue weighted by molar-refractivity contribution is -0.275. The van der Waals surface area contributed by atoms with Crippen LogP contribution >= 0.6 is 12.4 Å². The van der Waals surface area contributed by atoms with Crippen molar-refractivity contribution in [2.75, 3.05) is 13.2 Å². The van der Waals surface area contributed by atoms with Gasteiger partial charge in [-0.2, -0.15) is 5.10 Å². The standard InChI is InChI=1S/C16H18F3N3O2.ClH/c17-16(18,19)24-14-4-3-12(7-15(14)23-10-11-1-2-11)13-8-21-22(9-13)6-5-20;/h3-4,7-9,11H,1-2,5-6,10,20H2;1H. The number of hydrogen-bond acceptors (Lipinski definition) is 4. The van der Waals surface area contributed by atoms with Crippen molar-refractivity contribution >= 4 is 12.4 Å². The van der Waals surface area contributed by atoms with Crippen LogP contribution in [0.2, 0.25) is 0 Å². The summed E-state index contributed by atoms with van der Waals surface area (Å²) < 4.78 is 48.9. The van der Waals surface area contributed by atoms with Gasteiger partial charge in [0.15, 0.2) is 11.5 Å². The molecule has 0 spiro atoms. The molecule has 138 valence electrons. The molecule has 1 saturated carbocycles. The third kappa shape index (κ3) is 5.54. The fourth-order valence-corrected chi connectivity index (χ4v) is 2.27. The van der Waals surface area contributed by atoms with Crippen molar-refractivity contribution in [3.05, 3.63) is 30.6 Å². The van der Waals surface area contributed by atoms with E-state index >= 15 is 0 Å². The fraction of sp³-hybridized carbons (Fsp3) is 0.438. The Bertz CT molecular complexity index is 702. The normalized spacial score (nSPS) is 14.1. The number of aromatic nitrogens is 2. The summed E-state index contributed by atoms with van der Waals surface area (Å²) in [4.78, 5) is 0. The molecule has 0 unspecified atom stereocenters. The van der Waals surface area contributed by atoms with Crippen LogP contribution in [0.5, 0.6) is 11.5 Å². The zero-order valence-electron chi connectivity index (χ0n) is 13.3. The zero-order valence-corrected chi connectivity index (χ0v) is 14.1. The van der Waals surface area contributed by atoms with Gasteiger partial charge in [-0.15, -0.1) is 25.6 Å². The summed E-state index contributed by atoms with van der Waals surface area (Å²) in [5, 5.41) is 4.16. The van der Waals surface area contributed by atoms with Gasteiger partial charge < -0.3 is 15.2 Å². The number of alkyl halides is 3. The smallest absolute Gasteiger partial charge is 0.489 e. The number of halogens is 4. The molecule has 0 amide bonds. The van der Waals surface area contributed by atoms with E-state index in [0.717, 1.165) is 18.4 Å². The topological polar surface area (TPSA) is 62.3 Å². The number of nitrogens with zero attached hydrogens (tertiary/aromatic N) is 2. The van der Waals surface area contributed by atoms with Gasteiger partial charge in [-0.1, -0.05) is 6.07 Å². The van der Waals surface area contributed by atoms with Crippen LogP contribution < -0.4 is 15.2 Å². The first-order valence-corrected chi connectivity index (χ1v) is 7.70. The van der Waals surface area contributed by atoms with Gasteiger partial charge >= 0.3 is 6.36 Å². The molecule has 2 N–H and O–H groups in total. The minimum absolute atomic E-state index is 0. The maximum absolute atomic E-state index is 12.5. The van der Waals surface area contributed by atoms with Crippen molar-refractivity contribution in [3.8, 4) is 22.6 Å². The largest absolute Gasteiger partial charge is 0.573 e. The Hall–Kier alpha value is -1.93. The highest BCUT2D eigenvalue weighted by atomic mass is 35.5. The summed E-state index contributed by atoms with van der Waals surface area (Å²) in [6.07, 6.45) is 0.754. The lowest BCUT2D eigenvalue weighted by Gasteiger charge is -2.15. The Morgan fingerprint density at radius 2 is 1.96 bits per heavy atom. The number of nitrogens with two attached hydrogens (primary N) is 1. The second-order valence-electron chi connectivity index (χ2n) is 5.74. The van der Waals surface area contributed by atoms with Crippen molar-refractivity contribution < 1.29 is 22.6 Å². The SMILES string of the molecule is Cl.NCCn1cc(-c2ccc(OC(F)(F)F)c(OCC3CC3)c2)cn1. The highest BCUT2D eigenvalue weighted by Crippen LogP contribution is 2.37. The van der Waals surface area contributed by atoms with Gasteiger partial charge in [-0.25, -0.2) is 0 Å². The van der Waals surface area contributed by atoms with Crippen LogP contribution in [0.25, 0.3) is 11.1 Å². The Kier molecular flexibility index (Phi) is 6.18. The number of hydrogen-bond donors (Lipinski definition) is 1. The molecule has 0 saturated heterocycles. The van der Waals surface area contributed by atoms with Crippen molar-refractivity contribution in [2.24, 2.45) is 11.7 Å². The molecule has 0 radical (unpaired) electrons. The minimum Gasteiger partial charge on any atom is -0.489 e. The minimum atomic E-state index is -4.76. The van der Waals surface area contributed by atoms with E-state index in [1.54, 1.807) is 29.2 Å². The Morgan fingerprint density at radius 1 is 1.20 bits per heavy atom. The van der Waals surface area contributed by atoms with Crippen LogP contribution in [-0.4, -0.2) is 29.3 Å². The molecule has 25 heavy (non-hydrogen) atoms. The lowest BCUT2D eigenvalue weighted by Crippen LogP contribution is -2.18. The molecular weight excluding hydrogens is 359 g/mol. The van der Waals surface area contributed by atoms with E-state index in [2.05, 4.69) is 9.84 Å². The lowest BCUT2D eigenvalue weighted by atomic mass is 10.1. The Balaban J connectivity index is 0.00000225. The quantitative estimate of drug-likeness (QED) is 0.800. The molecule has 0 aliphatic heterocycles. The molecule has 0 bridgehead atoms. The fourth-order valence-electron chi connectivity index (χ4n) is 2.27. The van der Waals surface area contributed by atoms with Gasteiger partial charge in [0.1, 0.15) is 0 Å². The predicted octanol–water partition coefficient (Wildman–Crippen LogP) is 3.62. The van der Waals surface area contributed by atoms with E-state index in [9.17, 15) is 13.2 Å². The third-order valence-electron chi connectivity index (χ3n) is 3.67. The average Bonchev–Trinajstić information content (AvgIpc) is 3.23. The monoisotopic (exact) mass is 377 g/mol. The van der Waals surface area contributed by atoms with E-state index < -0.39 is 6.36 Å². The molecule has 5 nitrogen and oxygen atoms in total. The molecule has 0 atom stereocenters. The van der Waals surface area contributed by atoms with Gasteiger partial charge in [0.05, 0.1) is 19.3 Å². The molecule has 1 aliphatic carbocycles. The highest BCUT2D eigenvalue weighted by Gasteiger charge is 2.33. The van der Waals surface area contributed by atoms with Gasteiger partial charge in [-0.3, -0.25) is 4.68 Å². The maximum atomic E-state index is 12.5. The molecule has 1 aromatic heterocycles. The van der Waals surface area contributed by atoms with Crippen molar-refractivity contribution in [1.29, 1.82) is 0 Å². The first kappa shape index (κ1) is 19.4.